The van der Waals surface area contributed by atoms with E-state index in [0.717, 1.165) is 63.8 Å². The van der Waals surface area contributed by atoms with Gasteiger partial charge < -0.3 is 9.64 Å². The van der Waals surface area contributed by atoms with Crippen molar-refractivity contribution in [3.63, 3.8) is 0 Å². The van der Waals surface area contributed by atoms with E-state index in [4.69, 9.17) is 9.11 Å². The van der Waals surface area contributed by atoms with Crippen LogP contribution in [0.5, 0.6) is 0 Å². The first-order valence-electron chi connectivity index (χ1n) is 10.7. The van der Waals surface area contributed by atoms with E-state index in [-0.39, 0.29) is 6.09 Å². The number of piperazine rings is 1. The van der Waals surface area contributed by atoms with Crippen molar-refractivity contribution in [3.8, 4) is 0 Å². The molecule has 2 aliphatic rings. The number of carbonyl (C=O) groups excluding carboxylic acids is 1. The molecule has 0 radical (unpaired) electrons. The van der Waals surface area contributed by atoms with Crippen LogP contribution in [0.1, 0.15) is 26.2 Å². The summed E-state index contributed by atoms with van der Waals surface area (Å²) in [4.78, 5) is 16.6. The summed E-state index contributed by atoms with van der Waals surface area (Å²) in [6, 6.07) is 8.52. The number of fused-ring (bicyclic) bond motifs is 1. The molecule has 0 spiro atoms. The van der Waals surface area contributed by atoms with Crippen LogP contribution in [0.4, 0.5) is 10.6 Å². The minimum atomic E-state index is -0.336. The van der Waals surface area contributed by atoms with Crippen LogP contribution in [0.2, 0.25) is 0 Å². The first-order valence-corrected chi connectivity index (χ1v) is 11.5. The summed E-state index contributed by atoms with van der Waals surface area (Å²) in [5.74, 6) is 1.91. The van der Waals surface area contributed by atoms with Gasteiger partial charge in [-0.3, -0.25) is 10.3 Å². The van der Waals surface area contributed by atoms with E-state index in [0.29, 0.717) is 6.61 Å². The largest absolute Gasteiger partial charge is 0.449 e. The van der Waals surface area contributed by atoms with Crippen LogP contribution in [-0.4, -0.2) is 72.8 Å². The average molecular weight is 418 g/mol. The van der Waals surface area contributed by atoms with E-state index in [1.807, 2.05) is 11.9 Å². The molecule has 29 heavy (non-hydrogen) atoms. The van der Waals surface area contributed by atoms with Crippen LogP contribution < -0.4 is 10.3 Å². The summed E-state index contributed by atoms with van der Waals surface area (Å²) < 4.78 is 10.9. The minimum Gasteiger partial charge on any atom is -0.449 e. The van der Waals surface area contributed by atoms with Crippen molar-refractivity contribution in [3.05, 3.63) is 24.3 Å². The number of ether oxygens (including phenoxy) is 1. The molecule has 3 heterocycles. The maximum absolute atomic E-state index is 11.5. The van der Waals surface area contributed by atoms with Crippen molar-refractivity contribution < 1.29 is 9.53 Å². The van der Waals surface area contributed by atoms with Gasteiger partial charge in [-0.25, -0.2) is 9.80 Å². The minimum absolute atomic E-state index is 0.336. The third kappa shape index (κ3) is 5.18. The number of anilines is 1. The van der Waals surface area contributed by atoms with Gasteiger partial charge in [0.15, 0.2) is 0 Å². The van der Waals surface area contributed by atoms with Crippen LogP contribution in [0.25, 0.3) is 10.1 Å². The number of carbonyl (C=O) groups is 1. The van der Waals surface area contributed by atoms with Crippen LogP contribution in [0.15, 0.2) is 24.3 Å². The Morgan fingerprint density at radius 1 is 1.17 bits per heavy atom. The number of rotatable bonds is 6. The van der Waals surface area contributed by atoms with E-state index in [1.54, 1.807) is 11.5 Å². The molecule has 2 saturated heterocycles. The molecule has 1 aromatic carbocycles. The lowest BCUT2D eigenvalue weighted by atomic mass is 9.94. The zero-order chi connectivity index (χ0) is 20.1. The quantitative estimate of drug-likeness (QED) is 0.779. The van der Waals surface area contributed by atoms with Crippen LogP contribution in [-0.2, 0) is 4.74 Å². The first kappa shape index (κ1) is 20.4. The molecular formula is C21H31N5O2S. The highest BCUT2D eigenvalue weighted by molar-refractivity contribution is 7.13. The second-order valence-corrected chi connectivity index (χ2v) is 8.69. The molecule has 4 rings (SSSR count). The molecule has 0 aliphatic carbocycles. The Hall–Kier alpha value is -1.90. The smallest absolute Gasteiger partial charge is 0.421 e. The molecule has 0 bridgehead atoms. The molecule has 7 nitrogen and oxygen atoms in total. The molecule has 0 atom stereocenters. The molecule has 158 valence electrons. The fourth-order valence-electron chi connectivity index (χ4n) is 4.27. The highest BCUT2D eigenvalue weighted by Gasteiger charge is 2.24. The van der Waals surface area contributed by atoms with E-state index in [2.05, 4.69) is 39.5 Å². The maximum Gasteiger partial charge on any atom is 0.421 e. The molecule has 2 fully saturated rings. The van der Waals surface area contributed by atoms with Gasteiger partial charge in [0.1, 0.15) is 5.82 Å². The standard InChI is InChI=1S/C21H31N5O2S/c1-2-28-21(27)22-26-11-8-17(9-12-26)7-10-24-13-15-25(16-14-24)20-18-5-3-4-6-19(18)29-23-20/h3-6,17H,2,7-16H2,1H3,(H,22,27). The second-order valence-electron chi connectivity index (χ2n) is 7.88. The lowest BCUT2D eigenvalue weighted by Gasteiger charge is -2.37. The highest BCUT2D eigenvalue weighted by atomic mass is 32.1. The van der Waals surface area contributed by atoms with E-state index >= 15 is 0 Å². The molecule has 2 aromatic rings. The molecule has 8 heteroatoms. The van der Waals surface area contributed by atoms with Gasteiger partial charge in [0, 0.05) is 44.7 Å². The molecular weight excluding hydrogens is 386 g/mol. The van der Waals surface area contributed by atoms with Crippen molar-refractivity contribution in [2.45, 2.75) is 26.2 Å². The lowest BCUT2D eigenvalue weighted by molar-refractivity contribution is 0.0839. The fourth-order valence-corrected chi connectivity index (χ4v) is 5.07. The van der Waals surface area contributed by atoms with Gasteiger partial charge in [-0.05, 0) is 62.3 Å². The monoisotopic (exact) mass is 417 g/mol. The molecule has 2 aliphatic heterocycles. The molecule has 1 N–H and O–H groups in total. The summed E-state index contributed by atoms with van der Waals surface area (Å²) in [6.45, 7) is 9.54. The Morgan fingerprint density at radius 2 is 1.93 bits per heavy atom. The molecule has 1 aromatic heterocycles. The number of hydrogen-bond acceptors (Lipinski definition) is 7. The third-order valence-corrected chi connectivity index (χ3v) is 6.84. The summed E-state index contributed by atoms with van der Waals surface area (Å²) in [5, 5.41) is 3.28. The summed E-state index contributed by atoms with van der Waals surface area (Å²) in [5.41, 5.74) is 2.83. The van der Waals surface area contributed by atoms with Crippen molar-refractivity contribution in [2.24, 2.45) is 5.92 Å². The second kappa shape index (κ2) is 9.73. The number of piperidine rings is 1. The van der Waals surface area contributed by atoms with Gasteiger partial charge in [-0.2, -0.15) is 4.37 Å². The van der Waals surface area contributed by atoms with Gasteiger partial charge in [0.25, 0.3) is 0 Å². The maximum atomic E-state index is 11.5. The SMILES string of the molecule is CCOC(=O)NN1CCC(CCN2CCN(c3nsc4ccccc34)CC2)CC1. The number of benzene rings is 1. The lowest BCUT2D eigenvalue weighted by Crippen LogP contribution is -2.48. The first-order chi connectivity index (χ1) is 14.2. The van der Waals surface area contributed by atoms with Gasteiger partial charge in [0.05, 0.1) is 11.3 Å². The van der Waals surface area contributed by atoms with E-state index in [9.17, 15) is 4.79 Å². The van der Waals surface area contributed by atoms with Crippen molar-refractivity contribution in [1.82, 2.24) is 19.7 Å². The predicted octanol–water partition coefficient (Wildman–Crippen LogP) is 3.18. The van der Waals surface area contributed by atoms with Crippen LogP contribution >= 0.6 is 11.5 Å². The van der Waals surface area contributed by atoms with E-state index in [1.165, 1.54) is 23.1 Å². The van der Waals surface area contributed by atoms with Gasteiger partial charge >= 0.3 is 6.09 Å². The van der Waals surface area contributed by atoms with Crippen molar-refractivity contribution in [2.75, 3.05) is 57.3 Å². The Balaban J connectivity index is 1.17. The Kier molecular flexibility index (Phi) is 6.84. The highest BCUT2D eigenvalue weighted by Crippen LogP contribution is 2.30. The number of nitrogens with one attached hydrogen (secondary N) is 1. The number of hydrogen-bond donors (Lipinski definition) is 1. The molecule has 0 unspecified atom stereocenters. The zero-order valence-corrected chi connectivity index (χ0v) is 18.0. The summed E-state index contributed by atoms with van der Waals surface area (Å²) in [6.07, 6.45) is 3.18. The van der Waals surface area contributed by atoms with Crippen LogP contribution in [0.3, 0.4) is 0 Å². The molecule has 1 amide bonds. The van der Waals surface area contributed by atoms with E-state index < -0.39 is 0 Å². The Morgan fingerprint density at radius 3 is 2.69 bits per heavy atom. The topological polar surface area (TPSA) is 60.9 Å². The van der Waals surface area contributed by atoms with Crippen molar-refractivity contribution >= 4 is 33.5 Å². The predicted molar refractivity (Wildman–Crippen MR) is 117 cm³/mol. The van der Waals surface area contributed by atoms with Crippen LogP contribution in [0, 0.1) is 5.92 Å². The zero-order valence-electron chi connectivity index (χ0n) is 17.2. The number of hydrazine groups is 1. The molecule has 0 saturated carbocycles. The van der Waals surface area contributed by atoms with Gasteiger partial charge in [-0.15, -0.1) is 0 Å². The Bertz CT molecular complexity index is 797. The fraction of sp³-hybridized carbons (Fsp3) is 0.619. The van der Waals surface area contributed by atoms with Crippen molar-refractivity contribution in [1.29, 1.82) is 0 Å². The summed E-state index contributed by atoms with van der Waals surface area (Å²) in [7, 11) is 0. The third-order valence-electron chi connectivity index (χ3n) is 6.02. The number of nitrogens with zero attached hydrogens (tertiary/aromatic N) is 4. The summed E-state index contributed by atoms with van der Waals surface area (Å²) >= 11 is 1.60. The number of amides is 1. The van der Waals surface area contributed by atoms with Gasteiger partial charge in [0.2, 0.25) is 0 Å². The normalized spacial score (nSPS) is 19.6. The van der Waals surface area contributed by atoms with Gasteiger partial charge in [-0.1, -0.05) is 12.1 Å². The Labute approximate surface area is 176 Å². The average Bonchev–Trinajstić information content (AvgIpc) is 3.18. The number of aromatic nitrogens is 1.